The zero-order valence-corrected chi connectivity index (χ0v) is 12.6. The number of hydrogen-bond acceptors (Lipinski definition) is 3. The maximum absolute atomic E-state index is 5.32. The molecular formula is C15H26N4O. The number of guanidine groups is 1. The van der Waals surface area contributed by atoms with Gasteiger partial charge >= 0.3 is 0 Å². The van der Waals surface area contributed by atoms with E-state index < -0.39 is 0 Å². The summed E-state index contributed by atoms with van der Waals surface area (Å²) in [6, 6.07) is 3.92. The van der Waals surface area contributed by atoms with Gasteiger partial charge in [0.25, 0.3) is 0 Å². The molecule has 2 N–H and O–H groups in total. The fraction of sp³-hybridized carbons (Fsp3) is 0.667. The van der Waals surface area contributed by atoms with Gasteiger partial charge in [0.1, 0.15) is 5.76 Å². The summed E-state index contributed by atoms with van der Waals surface area (Å²) in [4.78, 5) is 7.06. The molecule has 0 bridgehead atoms. The number of nitrogens with zero attached hydrogens (tertiary/aromatic N) is 2. The highest BCUT2D eigenvalue weighted by Gasteiger charge is 2.18. The average molecular weight is 278 g/mol. The molecule has 0 amide bonds. The predicted molar refractivity (Wildman–Crippen MR) is 82.0 cm³/mol. The van der Waals surface area contributed by atoms with Crippen molar-refractivity contribution in [3.63, 3.8) is 0 Å². The molecule has 2 rings (SSSR count). The van der Waals surface area contributed by atoms with Gasteiger partial charge in [-0.1, -0.05) is 0 Å². The summed E-state index contributed by atoms with van der Waals surface area (Å²) in [6.07, 6.45) is 3.85. The molecule has 2 heterocycles. The zero-order chi connectivity index (χ0) is 14.2. The summed E-state index contributed by atoms with van der Waals surface area (Å²) in [6.45, 7) is 7.08. The largest absolute Gasteiger partial charge is 0.469 e. The summed E-state index contributed by atoms with van der Waals surface area (Å²) in [7, 11) is 2.18. The van der Waals surface area contributed by atoms with Crippen molar-refractivity contribution >= 4 is 5.96 Å². The first-order chi connectivity index (χ1) is 9.78. The van der Waals surface area contributed by atoms with Gasteiger partial charge in [0.05, 0.1) is 6.26 Å². The molecule has 1 aliphatic heterocycles. The van der Waals surface area contributed by atoms with Crippen LogP contribution < -0.4 is 10.6 Å². The normalized spacial score (nSPS) is 20.3. The number of aliphatic imine (C=N–C) groups is 1. The number of nitrogens with one attached hydrogen (secondary N) is 2. The molecule has 0 aromatic carbocycles. The Morgan fingerprint density at radius 1 is 1.50 bits per heavy atom. The maximum Gasteiger partial charge on any atom is 0.191 e. The fourth-order valence-electron chi connectivity index (χ4n) is 2.50. The van der Waals surface area contributed by atoms with E-state index >= 15 is 0 Å². The molecule has 0 saturated carbocycles. The van der Waals surface area contributed by atoms with Gasteiger partial charge in [0.15, 0.2) is 5.96 Å². The van der Waals surface area contributed by atoms with Crippen LogP contribution in [0.4, 0.5) is 0 Å². The average Bonchev–Trinajstić information content (AvgIpc) is 3.07. The number of rotatable bonds is 6. The minimum absolute atomic E-state index is 0.695. The molecule has 1 aromatic rings. The van der Waals surface area contributed by atoms with Crippen LogP contribution in [-0.4, -0.2) is 50.6 Å². The van der Waals surface area contributed by atoms with Gasteiger partial charge in [0, 0.05) is 32.6 Å². The van der Waals surface area contributed by atoms with Crippen LogP contribution in [-0.2, 0) is 6.42 Å². The first-order valence-corrected chi connectivity index (χ1v) is 7.51. The van der Waals surface area contributed by atoms with Gasteiger partial charge in [-0.3, -0.25) is 4.99 Å². The van der Waals surface area contributed by atoms with Crippen molar-refractivity contribution in [1.29, 1.82) is 0 Å². The molecule has 20 heavy (non-hydrogen) atoms. The molecule has 5 nitrogen and oxygen atoms in total. The lowest BCUT2D eigenvalue weighted by molar-refractivity contribution is 0.397. The first kappa shape index (κ1) is 14.9. The molecule has 1 aromatic heterocycles. The van der Waals surface area contributed by atoms with Crippen LogP contribution in [0.15, 0.2) is 27.8 Å². The van der Waals surface area contributed by atoms with Crippen molar-refractivity contribution in [3.8, 4) is 0 Å². The molecule has 0 aliphatic carbocycles. The molecule has 1 aliphatic rings. The highest BCUT2D eigenvalue weighted by Crippen LogP contribution is 2.14. The summed E-state index contributed by atoms with van der Waals surface area (Å²) in [5.41, 5.74) is 0. The van der Waals surface area contributed by atoms with Crippen LogP contribution in [0.5, 0.6) is 0 Å². The predicted octanol–water partition coefficient (Wildman–Crippen LogP) is 1.33. The third kappa shape index (κ3) is 4.89. The monoisotopic (exact) mass is 278 g/mol. The Morgan fingerprint density at radius 2 is 2.40 bits per heavy atom. The van der Waals surface area contributed by atoms with Gasteiger partial charge in [-0.15, -0.1) is 0 Å². The van der Waals surface area contributed by atoms with Gasteiger partial charge in [-0.05, 0) is 45.0 Å². The Morgan fingerprint density at radius 3 is 3.05 bits per heavy atom. The summed E-state index contributed by atoms with van der Waals surface area (Å²) in [5.74, 6) is 2.61. The van der Waals surface area contributed by atoms with E-state index in [1.807, 2.05) is 12.1 Å². The minimum Gasteiger partial charge on any atom is -0.469 e. The van der Waals surface area contributed by atoms with Gasteiger partial charge in [-0.25, -0.2) is 0 Å². The van der Waals surface area contributed by atoms with Crippen molar-refractivity contribution in [2.24, 2.45) is 10.9 Å². The third-order valence-corrected chi connectivity index (χ3v) is 3.58. The van der Waals surface area contributed by atoms with Crippen LogP contribution in [0.3, 0.4) is 0 Å². The van der Waals surface area contributed by atoms with Crippen molar-refractivity contribution in [3.05, 3.63) is 24.2 Å². The van der Waals surface area contributed by atoms with E-state index in [9.17, 15) is 0 Å². The van der Waals surface area contributed by atoms with Crippen LogP contribution in [0.2, 0.25) is 0 Å². The highest BCUT2D eigenvalue weighted by molar-refractivity contribution is 5.79. The number of likely N-dealkylation sites (tertiary alicyclic amines) is 1. The Labute approximate surface area is 121 Å². The molecule has 1 fully saturated rings. The zero-order valence-electron chi connectivity index (χ0n) is 12.6. The first-order valence-electron chi connectivity index (χ1n) is 7.51. The van der Waals surface area contributed by atoms with Crippen molar-refractivity contribution < 1.29 is 4.42 Å². The van der Waals surface area contributed by atoms with E-state index in [1.54, 1.807) is 6.26 Å². The lowest BCUT2D eigenvalue weighted by atomic mass is 10.1. The van der Waals surface area contributed by atoms with E-state index in [0.29, 0.717) is 5.92 Å². The van der Waals surface area contributed by atoms with Crippen LogP contribution in [0, 0.1) is 5.92 Å². The fourth-order valence-corrected chi connectivity index (χ4v) is 2.50. The summed E-state index contributed by atoms with van der Waals surface area (Å²) in [5, 5.41) is 6.65. The quantitative estimate of drug-likeness (QED) is 0.609. The molecule has 1 saturated heterocycles. The van der Waals surface area contributed by atoms with Crippen LogP contribution in [0.25, 0.3) is 0 Å². The Kier molecular flexibility index (Phi) is 5.92. The Bertz CT molecular complexity index is 402. The number of furan rings is 1. The second-order valence-electron chi connectivity index (χ2n) is 5.39. The molecule has 5 heteroatoms. The van der Waals surface area contributed by atoms with Gasteiger partial charge in [-0.2, -0.15) is 0 Å². The van der Waals surface area contributed by atoms with E-state index in [2.05, 4.69) is 34.5 Å². The molecule has 112 valence electrons. The highest BCUT2D eigenvalue weighted by atomic mass is 16.3. The maximum atomic E-state index is 5.32. The van der Waals surface area contributed by atoms with E-state index in [0.717, 1.165) is 44.3 Å². The molecule has 1 atom stereocenters. The third-order valence-electron chi connectivity index (χ3n) is 3.58. The second-order valence-corrected chi connectivity index (χ2v) is 5.39. The number of hydrogen-bond donors (Lipinski definition) is 2. The van der Waals surface area contributed by atoms with E-state index in [-0.39, 0.29) is 0 Å². The Balaban J connectivity index is 1.73. The minimum atomic E-state index is 0.695. The topological polar surface area (TPSA) is 52.8 Å². The standard InChI is InChI=1S/C15H26N4O/c1-3-16-15(17-8-6-14-5-4-10-20-14)18-11-13-7-9-19(2)12-13/h4-5,10,13H,3,6-9,11-12H2,1-2H3,(H2,16,17,18). The van der Waals surface area contributed by atoms with Gasteiger partial charge < -0.3 is 20.0 Å². The molecule has 1 unspecified atom stereocenters. The van der Waals surface area contributed by atoms with Crippen molar-refractivity contribution in [2.45, 2.75) is 19.8 Å². The lowest BCUT2D eigenvalue weighted by Crippen LogP contribution is -2.38. The summed E-state index contributed by atoms with van der Waals surface area (Å²) < 4.78 is 5.32. The van der Waals surface area contributed by atoms with Crippen molar-refractivity contribution in [2.75, 3.05) is 39.8 Å². The SMILES string of the molecule is CCNC(=NCC1CCN(C)C1)NCCc1ccco1. The van der Waals surface area contributed by atoms with E-state index in [1.165, 1.54) is 13.0 Å². The lowest BCUT2D eigenvalue weighted by Gasteiger charge is -2.12. The van der Waals surface area contributed by atoms with Gasteiger partial charge in [0.2, 0.25) is 0 Å². The van der Waals surface area contributed by atoms with Crippen molar-refractivity contribution in [1.82, 2.24) is 15.5 Å². The van der Waals surface area contributed by atoms with Crippen LogP contribution >= 0.6 is 0 Å². The second kappa shape index (κ2) is 7.94. The smallest absolute Gasteiger partial charge is 0.191 e. The van der Waals surface area contributed by atoms with Crippen LogP contribution in [0.1, 0.15) is 19.1 Å². The Hall–Kier alpha value is -1.49. The summed E-state index contributed by atoms with van der Waals surface area (Å²) >= 11 is 0. The molecular weight excluding hydrogens is 252 g/mol. The molecule has 0 radical (unpaired) electrons. The molecule has 0 spiro atoms. The van der Waals surface area contributed by atoms with E-state index in [4.69, 9.17) is 4.42 Å².